The fourth-order valence-electron chi connectivity index (χ4n) is 4.77. The van der Waals surface area contributed by atoms with Gasteiger partial charge in [-0.25, -0.2) is 4.79 Å². The normalized spacial score (nSPS) is 11.7. The van der Waals surface area contributed by atoms with E-state index in [2.05, 4.69) is 28.5 Å². The number of Topliss-reactive ketones (excluding diaryl/α,β-unsaturated/α-hetero) is 1. The van der Waals surface area contributed by atoms with E-state index >= 15 is 0 Å². The van der Waals surface area contributed by atoms with Crippen LogP contribution in [0.2, 0.25) is 0 Å². The van der Waals surface area contributed by atoms with Crippen molar-refractivity contribution in [2.45, 2.75) is 53.5 Å². The summed E-state index contributed by atoms with van der Waals surface area (Å²) in [5, 5.41) is 5.65. The Balaban J connectivity index is 1.77. The number of aryl methyl sites for hydroxylation is 1. The highest BCUT2D eigenvalue weighted by atomic mass is 16.7. The minimum absolute atomic E-state index is 0.0532. The molecule has 0 aliphatic carbocycles. The van der Waals surface area contributed by atoms with Gasteiger partial charge in [0, 0.05) is 71.2 Å². The highest BCUT2D eigenvalue weighted by Crippen LogP contribution is 2.32. The van der Waals surface area contributed by atoms with E-state index in [-0.39, 0.29) is 17.3 Å². The maximum atomic E-state index is 13.4. The van der Waals surface area contributed by atoms with Crippen molar-refractivity contribution in [3.8, 4) is 0 Å². The van der Waals surface area contributed by atoms with Gasteiger partial charge in [-0.05, 0) is 87.4 Å². The zero-order valence-corrected chi connectivity index (χ0v) is 23.3. The number of carbonyl (C=O) groups excluding carboxylic acids is 3. The van der Waals surface area contributed by atoms with Gasteiger partial charge in [-0.2, -0.15) is 0 Å². The standard InChI is InChI=1S/C32H35N3O4/c1-6-9-10-28(33-39-21(4)36)32(38)24-14-18-30-27(20-24)26-19-23(13-17-29(26)35(30)8-3)31(37)22-11-15-25(16-12-22)34(5)7-2/h11-20H,6-10H2,1-5H3/b33-28+. The maximum Gasteiger partial charge on any atom is 0.331 e. The fraction of sp³-hybridized carbons (Fsp3) is 0.312. The lowest BCUT2D eigenvalue weighted by Crippen LogP contribution is -2.15. The van der Waals surface area contributed by atoms with Crippen molar-refractivity contribution >= 4 is 50.7 Å². The third kappa shape index (κ3) is 5.77. The van der Waals surface area contributed by atoms with E-state index in [0.717, 1.165) is 53.4 Å². The Morgan fingerprint density at radius 1 is 0.846 bits per heavy atom. The maximum absolute atomic E-state index is 13.4. The molecule has 7 heteroatoms. The molecule has 0 unspecified atom stereocenters. The average molecular weight is 526 g/mol. The van der Waals surface area contributed by atoms with Crippen molar-refractivity contribution in [2.24, 2.45) is 5.16 Å². The van der Waals surface area contributed by atoms with Gasteiger partial charge < -0.3 is 14.3 Å². The van der Waals surface area contributed by atoms with Gasteiger partial charge in [0.15, 0.2) is 5.78 Å². The number of benzene rings is 3. The van der Waals surface area contributed by atoms with E-state index < -0.39 is 5.97 Å². The zero-order chi connectivity index (χ0) is 28.1. The van der Waals surface area contributed by atoms with E-state index in [9.17, 15) is 14.4 Å². The molecule has 0 amide bonds. The molecule has 0 N–H and O–H groups in total. The van der Waals surface area contributed by atoms with E-state index in [4.69, 9.17) is 4.84 Å². The number of oxime groups is 1. The second-order valence-electron chi connectivity index (χ2n) is 9.65. The summed E-state index contributed by atoms with van der Waals surface area (Å²) >= 11 is 0. The molecule has 202 valence electrons. The Bertz CT molecular complexity index is 1560. The van der Waals surface area contributed by atoms with Crippen LogP contribution in [0.25, 0.3) is 21.8 Å². The van der Waals surface area contributed by atoms with Crippen LogP contribution in [0.4, 0.5) is 5.69 Å². The topological polar surface area (TPSA) is 81.0 Å². The van der Waals surface area contributed by atoms with Crippen LogP contribution in [0.15, 0.2) is 65.8 Å². The molecule has 0 fully saturated rings. The summed E-state index contributed by atoms with van der Waals surface area (Å²) in [4.78, 5) is 45.1. The van der Waals surface area contributed by atoms with Crippen molar-refractivity contribution in [1.82, 2.24) is 4.57 Å². The number of fused-ring (bicyclic) bond motifs is 3. The van der Waals surface area contributed by atoms with Crippen LogP contribution < -0.4 is 4.90 Å². The predicted octanol–water partition coefficient (Wildman–Crippen LogP) is 6.79. The summed E-state index contributed by atoms with van der Waals surface area (Å²) in [7, 11) is 2.02. The number of unbranched alkanes of at least 4 members (excludes halogenated alkanes) is 1. The highest BCUT2D eigenvalue weighted by molar-refractivity contribution is 6.46. The molecule has 39 heavy (non-hydrogen) atoms. The summed E-state index contributed by atoms with van der Waals surface area (Å²) < 4.78 is 2.17. The Hall–Kier alpha value is -4.26. The number of nitrogens with zero attached hydrogens (tertiary/aromatic N) is 3. The van der Waals surface area contributed by atoms with Crippen molar-refractivity contribution in [3.05, 3.63) is 77.4 Å². The number of ketones is 2. The van der Waals surface area contributed by atoms with Crippen molar-refractivity contribution in [1.29, 1.82) is 0 Å². The summed E-state index contributed by atoms with van der Waals surface area (Å²) in [5.74, 6) is -0.890. The van der Waals surface area contributed by atoms with Gasteiger partial charge in [-0.1, -0.05) is 18.5 Å². The van der Waals surface area contributed by atoms with Gasteiger partial charge >= 0.3 is 5.97 Å². The fourth-order valence-corrected chi connectivity index (χ4v) is 4.77. The first-order chi connectivity index (χ1) is 18.8. The zero-order valence-electron chi connectivity index (χ0n) is 23.3. The summed E-state index contributed by atoms with van der Waals surface area (Å²) in [5.41, 5.74) is 4.93. The first-order valence-corrected chi connectivity index (χ1v) is 13.5. The van der Waals surface area contributed by atoms with Crippen LogP contribution in [-0.4, -0.2) is 41.4 Å². The highest BCUT2D eigenvalue weighted by Gasteiger charge is 2.19. The quantitative estimate of drug-likeness (QED) is 0.0932. The summed E-state index contributed by atoms with van der Waals surface area (Å²) in [6.07, 6.45) is 2.05. The third-order valence-electron chi connectivity index (χ3n) is 7.06. The number of hydrogen-bond donors (Lipinski definition) is 0. The number of rotatable bonds is 11. The molecule has 0 bridgehead atoms. The van der Waals surface area contributed by atoms with Crippen LogP contribution in [0.1, 0.15) is 73.2 Å². The second-order valence-corrected chi connectivity index (χ2v) is 9.65. The van der Waals surface area contributed by atoms with E-state index in [1.807, 2.05) is 68.6 Å². The smallest absolute Gasteiger partial charge is 0.331 e. The Labute approximate surface area is 229 Å². The lowest BCUT2D eigenvalue weighted by Gasteiger charge is -2.16. The van der Waals surface area contributed by atoms with E-state index in [1.165, 1.54) is 6.92 Å². The SMILES string of the molecule is CCCC/C(=N\OC(C)=O)C(=O)c1ccc2c(c1)c1cc(C(=O)c3ccc(N(C)CC)cc3)ccc1n2CC. The van der Waals surface area contributed by atoms with Crippen LogP contribution in [-0.2, 0) is 16.2 Å². The minimum Gasteiger partial charge on any atom is -0.375 e. The minimum atomic E-state index is -0.567. The van der Waals surface area contributed by atoms with Crippen LogP contribution in [0, 0.1) is 0 Å². The molecule has 0 aliphatic rings. The first-order valence-electron chi connectivity index (χ1n) is 13.5. The average Bonchev–Trinajstić information content (AvgIpc) is 3.28. The number of aromatic nitrogens is 1. The molecule has 4 rings (SSSR count). The summed E-state index contributed by atoms with van der Waals surface area (Å²) in [6, 6.07) is 19.0. The lowest BCUT2D eigenvalue weighted by molar-refractivity contribution is -0.140. The Morgan fingerprint density at radius 3 is 2.00 bits per heavy atom. The summed E-state index contributed by atoms with van der Waals surface area (Å²) in [6.45, 7) is 9.05. The second kappa shape index (κ2) is 12.1. The van der Waals surface area contributed by atoms with Gasteiger partial charge in [0.2, 0.25) is 5.78 Å². The van der Waals surface area contributed by atoms with Crippen molar-refractivity contribution < 1.29 is 19.2 Å². The molecular formula is C32H35N3O4. The van der Waals surface area contributed by atoms with Gasteiger partial charge in [0.05, 0.1) is 0 Å². The van der Waals surface area contributed by atoms with Gasteiger partial charge in [0.25, 0.3) is 0 Å². The van der Waals surface area contributed by atoms with Gasteiger partial charge in [-0.3, -0.25) is 9.59 Å². The van der Waals surface area contributed by atoms with Crippen LogP contribution in [0.3, 0.4) is 0 Å². The van der Waals surface area contributed by atoms with Crippen molar-refractivity contribution in [2.75, 3.05) is 18.5 Å². The van der Waals surface area contributed by atoms with E-state index in [1.54, 1.807) is 6.07 Å². The van der Waals surface area contributed by atoms with Crippen LogP contribution >= 0.6 is 0 Å². The molecule has 0 aliphatic heterocycles. The van der Waals surface area contributed by atoms with Gasteiger partial charge in [-0.15, -0.1) is 0 Å². The number of carbonyl (C=O) groups is 3. The molecule has 1 aromatic heterocycles. The molecule has 1 heterocycles. The van der Waals surface area contributed by atoms with Gasteiger partial charge in [0.1, 0.15) is 5.71 Å². The third-order valence-corrected chi connectivity index (χ3v) is 7.06. The monoisotopic (exact) mass is 525 g/mol. The van der Waals surface area contributed by atoms with Crippen molar-refractivity contribution in [3.63, 3.8) is 0 Å². The Morgan fingerprint density at radius 2 is 1.44 bits per heavy atom. The molecule has 0 saturated heterocycles. The molecule has 0 atom stereocenters. The molecular weight excluding hydrogens is 490 g/mol. The molecule has 7 nitrogen and oxygen atoms in total. The molecule has 0 spiro atoms. The molecule has 3 aromatic carbocycles. The first kappa shape index (κ1) is 27.8. The number of anilines is 1. The largest absolute Gasteiger partial charge is 0.375 e. The van der Waals surface area contributed by atoms with Crippen LogP contribution in [0.5, 0.6) is 0 Å². The van der Waals surface area contributed by atoms with E-state index in [0.29, 0.717) is 23.1 Å². The Kier molecular flexibility index (Phi) is 8.59. The molecule has 4 aromatic rings. The predicted molar refractivity (Wildman–Crippen MR) is 157 cm³/mol. The molecule has 0 radical (unpaired) electrons. The lowest BCUT2D eigenvalue weighted by atomic mass is 9.98. The molecule has 0 saturated carbocycles. The number of hydrogen-bond acceptors (Lipinski definition) is 6.